The van der Waals surface area contributed by atoms with Crippen LogP contribution in [0.4, 0.5) is 20.8 Å². The lowest BCUT2D eigenvalue weighted by atomic mass is 10.0. The van der Waals surface area contributed by atoms with Crippen molar-refractivity contribution in [1.29, 1.82) is 0 Å². The maximum absolute atomic E-state index is 14.1. The molecule has 1 amide bonds. The minimum Gasteiger partial charge on any atom is -0.446 e. The minimum atomic E-state index is -0.415. The van der Waals surface area contributed by atoms with Gasteiger partial charge in [-0.2, -0.15) is 0 Å². The number of amides is 1. The summed E-state index contributed by atoms with van der Waals surface area (Å²) in [6, 6.07) is 4.69. The number of hydrogen-bond donors (Lipinski definition) is 3. The van der Waals surface area contributed by atoms with Gasteiger partial charge in [-0.25, -0.2) is 19.2 Å². The number of anilines is 2. The number of carbonyl (C=O) groups excluding carboxylic acids is 1. The number of rotatable bonds is 6. The predicted octanol–water partition coefficient (Wildman–Crippen LogP) is 4.24. The summed E-state index contributed by atoms with van der Waals surface area (Å²) in [6.07, 6.45) is 7.59. The number of nitrogens with two attached hydrogens (primary N) is 1. The summed E-state index contributed by atoms with van der Waals surface area (Å²) in [5, 5.41) is 11.2. The lowest BCUT2D eigenvalue weighted by Gasteiger charge is -2.16. The van der Waals surface area contributed by atoms with E-state index >= 15 is 0 Å². The van der Waals surface area contributed by atoms with Crippen LogP contribution in [0.1, 0.15) is 50.5 Å². The van der Waals surface area contributed by atoms with E-state index in [9.17, 15) is 9.18 Å². The van der Waals surface area contributed by atoms with Crippen molar-refractivity contribution in [3.05, 3.63) is 42.0 Å². The molecule has 2 aliphatic rings. The Kier molecular flexibility index (Phi) is 5.60. The van der Waals surface area contributed by atoms with Gasteiger partial charge in [0.1, 0.15) is 11.9 Å². The second kappa shape index (κ2) is 8.16. The largest absolute Gasteiger partial charge is 0.446 e. The Labute approximate surface area is 173 Å². The van der Waals surface area contributed by atoms with Crippen LogP contribution in [0.15, 0.2) is 35.5 Å². The van der Waals surface area contributed by atoms with Gasteiger partial charge < -0.3 is 15.4 Å². The standard InChI is InChI=1S/C20H24FN5O2S/c1-20(6-7-20)26-19(27)28-14-3-2-12(8-14)13-10-23-18(24-11-13)25-17-5-4-15(29-22)9-16(17)21/h4-5,9-12,14H,2-3,6-8,22H2,1H3,(H,26,27)(H,23,24,25). The number of halogens is 1. The van der Waals surface area contributed by atoms with Crippen LogP contribution in [-0.4, -0.2) is 27.7 Å². The Morgan fingerprint density at radius 2 is 2.07 bits per heavy atom. The SMILES string of the molecule is CC1(NC(=O)OC2CCC(c3cnc(Nc4ccc(SN)cc4F)nc3)C2)CC1. The normalized spacial score (nSPS) is 22.2. The van der Waals surface area contributed by atoms with E-state index in [1.54, 1.807) is 24.5 Å². The molecule has 29 heavy (non-hydrogen) atoms. The molecular formula is C20H24FN5O2S. The third-order valence-corrected chi connectivity index (χ3v) is 6.05. The first kappa shape index (κ1) is 19.9. The lowest BCUT2D eigenvalue weighted by molar-refractivity contribution is 0.0967. The van der Waals surface area contributed by atoms with Crippen molar-refractivity contribution in [3.8, 4) is 0 Å². The smallest absolute Gasteiger partial charge is 0.407 e. The van der Waals surface area contributed by atoms with Crippen molar-refractivity contribution < 1.29 is 13.9 Å². The summed E-state index contributed by atoms with van der Waals surface area (Å²) in [5.41, 5.74) is 1.21. The zero-order chi connectivity index (χ0) is 20.4. The van der Waals surface area contributed by atoms with Crippen LogP contribution >= 0.6 is 11.9 Å². The number of nitrogens with zero attached hydrogens (tertiary/aromatic N) is 2. The summed E-state index contributed by atoms with van der Waals surface area (Å²) in [6.45, 7) is 2.02. The van der Waals surface area contributed by atoms with Gasteiger partial charge in [0.25, 0.3) is 0 Å². The van der Waals surface area contributed by atoms with Gasteiger partial charge in [-0.1, -0.05) is 0 Å². The van der Waals surface area contributed by atoms with Gasteiger partial charge in [-0.3, -0.25) is 5.14 Å². The summed E-state index contributed by atoms with van der Waals surface area (Å²) in [4.78, 5) is 21.2. The molecule has 0 bridgehead atoms. The van der Waals surface area contributed by atoms with E-state index in [4.69, 9.17) is 9.88 Å². The van der Waals surface area contributed by atoms with Gasteiger partial charge in [0, 0.05) is 22.8 Å². The molecule has 2 aromatic rings. The van der Waals surface area contributed by atoms with Crippen LogP contribution in [0.2, 0.25) is 0 Å². The van der Waals surface area contributed by atoms with E-state index in [1.807, 2.05) is 6.92 Å². The van der Waals surface area contributed by atoms with E-state index in [0.29, 0.717) is 16.5 Å². The van der Waals surface area contributed by atoms with Crippen molar-refractivity contribution in [3.63, 3.8) is 0 Å². The monoisotopic (exact) mass is 417 g/mol. The first-order valence-corrected chi connectivity index (χ1v) is 10.6. The van der Waals surface area contributed by atoms with E-state index in [-0.39, 0.29) is 23.7 Å². The van der Waals surface area contributed by atoms with E-state index in [2.05, 4.69) is 20.6 Å². The maximum Gasteiger partial charge on any atom is 0.407 e. The fourth-order valence-corrected chi connectivity index (χ4v) is 3.81. The number of hydrogen-bond acceptors (Lipinski definition) is 7. The Morgan fingerprint density at radius 1 is 1.31 bits per heavy atom. The molecule has 154 valence electrons. The molecule has 1 aromatic heterocycles. The first-order valence-electron chi connectivity index (χ1n) is 9.68. The number of nitrogens with one attached hydrogen (secondary N) is 2. The van der Waals surface area contributed by atoms with Crippen molar-refractivity contribution >= 4 is 29.7 Å². The predicted molar refractivity (Wildman–Crippen MR) is 109 cm³/mol. The molecule has 4 N–H and O–H groups in total. The Bertz CT molecular complexity index is 891. The third kappa shape index (κ3) is 4.97. The fourth-order valence-electron chi connectivity index (χ4n) is 3.49. The number of benzene rings is 1. The van der Waals surface area contributed by atoms with Crippen molar-refractivity contribution in [2.24, 2.45) is 5.14 Å². The molecule has 0 aliphatic heterocycles. The molecule has 0 spiro atoms. The van der Waals surface area contributed by atoms with E-state index in [0.717, 1.165) is 49.6 Å². The molecule has 2 saturated carbocycles. The number of carbonyl (C=O) groups is 1. The summed E-state index contributed by atoms with van der Waals surface area (Å²) in [5.74, 6) is 0.154. The molecule has 7 nitrogen and oxygen atoms in total. The van der Waals surface area contributed by atoms with Crippen molar-refractivity contribution in [2.45, 2.75) is 61.5 Å². The Morgan fingerprint density at radius 3 is 2.72 bits per heavy atom. The quantitative estimate of drug-likeness (QED) is 0.604. The molecule has 0 radical (unpaired) electrons. The maximum atomic E-state index is 14.1. The van der Waals surface area contributed by atoms with Crippen LogP contribution in [0, 0.1) is 5.82 Å². The van der Waals surface area contributed by atoms with Crippen molar-refractivity contribution in [1.82, 2.24) is 15.3 Å². The van der Waals surface area contributed by atoms with Gasteiger partial charge in [-0.15, -0.1) is 0 Å². The number of aromatic nitrogens is 2. The van der Waals surface area contributed by atoms with E-state index in [1.165, 1.54) is 6.07 Å². The van der Waals surface area contributed by atoms with Crippen molar-refractivity contribution in [2.75, 3.05) is 5.32 Å². The zero-order valence-electron chi connectivity index (χ0n) is 16.2. The summed E-state index contributed by atoms with van der Waals surface area (Å²) >= 11 is 0.989. The number of alkyl carbamates (subject to hydrolysis) is 1. The second-order valence-electron chi connectivity index (χ2n) is 7.95. The minimum absolute atomic E-state index is 0.0747. The lowest BCUT2D eigenvalue weighted by Crippen LogP contribution is -2.36. The average Bonchev–Trinajstić information content (AvgIpc) is 3.24. The molecule has 1 heterocycles. The highest BCUT2D eigenvalue weighted by molar-refractivity contribution is 7.97. The Hall–Kier alpha value is -2.39. The van der Waals surface area contributed by atoms with Gasteiger partial charge in [0.2, 0.25) is 5.95 Å². The zero-order valence-corrected chi connectivity index (χ0v) is 17.0. The summed E-state index contributed by atoms with van der Waals surface area (Å²) in [7, 11) is 0. The molecule has 9 heteroatoms. The van der Waals surface area contributed by atoms with Crippen LogP contribution in [0.25, 0.3) is 0 Å². The summed E-state index contributed by atoms with van der Waals surface area (Å²) < 4.78 is 19.6. The molecule has 2 aliphatic carbocycles. The topological polar surface area (TPSA) is 102 Å². The second-order valence-corrected chi connectivity index (χ2v) is 8.65. The van der Waals surface area contributed by atoms with Crippen LogP contribution in [-0.2, 0) is 4.74 Å². The van der Waals surface area contributed by atoms with Crippen LogP contribution in [0.3, 0.4) is 0 Å². The first-order chi connectivity index (χ1) is 13.9. The fraction of sp³-hybridized carbons (Fsp3) is 0.450. The molecule has 1 aromatic carbocycles. The highest BCUT2D eigenvalue weighted by atomic mass is 32.2. The molecule has 2 fully saturated rings. The average molecular weight is 418 g/mol. The Balaban J connectivity index is 1.32. The highest BCUT2D eigenvalue weighted by Crippen LogP contribution is 2.37. The molecule has 2 unspecified atom stereocenters. The van der Waals surface area contributed by atoms with Crippen LogP contribution in [0.5, 0.6) is 0 Å². The molecule has 4 rings (SSSR count). The van der Waals surface area contributed by atoms with Gasteiger partial charge in [0.05, 0.1) is 5.69 Å². The third-order valence-electron chi connectivity index (χ3n) is 5.53. The molecule has 2 atom stereocenters. The van der Waals surface area contributed by atoms with E-state index < -0.39 is 5.82 Å². The van der Waals surface area contributed by atoms with Gasteiger partial charge in [-0.05, 0) is 80.7 Å². The van der Waals surface area contributed by atoms with Crippen LogP contribution < -0.4 is 15.8 Å². The molecule has 0 saturated heterocycles. The number of ether oxygens (including phenoxy) is 1. The molecular weight excluding hydrogens is 393 g/mol. The van der Waals surface area contributed by atoms with Gasteiger partial charge in [0.15, 0.2) is 0 Å². The van der Waals surface area contributed by atoms with Gasteiger partial charge >= 0.3 is 6.09 Å². The highest BCUT2D eigenvalue weighted by Gasteiger charge is 2.40.